The van der Waals surface area contributed by atoms with Crippen LogP contribution < -0.4 is 14.8 Å². The Hall–Kier alpha value is -4.27. The van der Waals surface area contributed by atoms with Crippen LogP contribution in [0.1, 0.15) is 26.4 Å². The molecule has 0 atom stereocenters. The van der Waals surface area contributed by atoms with Gasteiger partial charge in [0.25, 0.3) is 11.8 Å². The first-order valence-corrected chi connectivity index (χ1v) is 12.3. The van der Waals surface area contributed by atoms with Crippen LogP contribution in [0, 0.1) is 0 Å². The molecule has 0 bridgehead atoms. The van der Waals surface area contributed by atoms with E-state index in [4.69, 9.17) is 9.47 Å². The van der Waals surface area contributed by atoms with E-state index in [1.807, 2.05) is 36.4 Å². The molecule has 2 aromatic carbocycles. The van der Waals surface area contributed by atoms with Crippen molar-refractivity contribution in [1.82, 2.24) is 19.7 Å². The van der Waals surface area contributed by atoms with Crippen molar-refractivity contribution in [3.05, 3.63) is 83.7 Å². The van der Waals surface area contributed by atoms with E-state index >= 15 is 0 Å². The van der Waals surface area contributed by atoms with Gasteiger partial charge in [0.1, 0.15) is 12.2 Å². The predicted molar refractivity (Wildman–Crippen MR) is 139 cm³/mol. The van der Waals surface area contributed by atoms with Crippen molar-refractivity contribution in [2.45, 2.75) is 13.0 Å². The van der Waals surface area contributed by atoms with Crippen LogP contribution >= 0.6 is 0 Å². The lowest BCUT2D eigenvalue weighted by atomic mass is 10.1. The monoisotopic (exact) mass is 504 g/mol. The first-order chi connectivity index (χ1) is 18.0. The maximum atomic E-state index is 13.2. The minimum atomic E-state index is -0.177. The van der Waals surface area contributed by atoms with Crippen LogP contribution in [0.4, 0.5) is 0 Å². The summed E-state index contributed by atoms with van der Waals surface area (Å²) in [6.45, 7) is 2.33. The summed E-state index contributed by atoms with van der Waals surface area (Å²) in [4.78, 5) is 41.9. The van der Waals surface area contributed by atoms with E-state index in [2.05, 4.69) is 5.32 Å². The summed E-state index contributed by atoms with van der Waals surface area (Å²) in [5.74, 6) is 0.955. The van der Waals surface area contributed by atoms with E-state index in [-0.39, 0.29) is 24.3 Å². The quantitative estimate of drug-likeness (QED) is 0.483. The van der Waals surface area contributed by atoms with Gasteiger partial charge < -0.3 is 29.2 Å². The summed E-state index contributed by atoms with van der Waals surface area (Å²) < 4.78 is 12.2. The molecule has 37 heavy (non-hydrogen) atoms. The predicted octanol–water partition coefficient (Wildman–Crippen LogP) is 2.46. The number of nitrogens with one attached hydrogen (secondary N) is 1. The van der Waals surface area contributed by atoms with E-state index in [0.717, 1.165) is 5.56 Å². The number of amides is 3. The molecule has 4 rings (SSSR count). The Morgan fingerprint density at radius 1 is 0.811 bits per heavy atom. The maximum absolute atomic E-state index is 13.2. The number of methoxy groups -OCH3 is 2. The molecule has 3 aromatic rings. The van der Waals surface area contributed by atoms with Crippen LogP contribution in [-0.4, -0.2) is 79.0 Å². The zero-order valence-corrected chi connectivity index (χ0v) is 21.2. The van der Waals surface area contributed by atoms with Crippen molar-refractivity contribution >= 4 is 17.7 Å². The summed E-state index contributed by atoms with van der Waals surface area (Å²) in [7, 11) is 3.18. The molecular formula is C28H32N4O5. The smallest absolute Gasteiger partial charge is 0.270 e. The first-order valence-electron chi connectivity index (χ1n) is 12.3. The molecule has 194 valence electrons. The number of carbonyl (C=O) groups excluding carboxylic acids is 3. The molecule has 1 N–H and O–H groups in total. The third-order valence-corrected chi connectivity index (χ3v) is 6.42. The third-order valence-electron chi connectivity index (χ3n) is 6.42. The van der Waals surface area contributed by atoms with Crippen molar-refractivity contribution in [1.29, 1.82) is 0 Å². The van der Waals surface area contributed by atoms with Crippen LogP contribution in [-0.2, 0) is 17.8 Å². The van der Waals surface area contributed by atoms with Crippen LogP contribution in [0.15, 0.2) is 66.9 Å². The number of carbonyl (C=O) groups is 3. The fourth-order valence-electron chi connectivity index (χ4n) is 4.38. The number of ether oxygens (including phenoxy) is 2. The Morgan fingerprint density at radius 3 is 2.16 bits per heavy atom. The lowest BCUT2D eigenvalue weighted by molar-refractivity contribution is -0.121. The minimum absolute atomic E-state index is 0.0270. The number of hydrogen-bond donors (Lipinski definition) is 1. The third kappa shape index (κ3) is 6.30. The summed E-state index contributed by atoms with van der Waals surface area (Å²) in [5.41, 5.74) is 2.12. The van der Waals surface area contributed by atoms with E-state index < -0.39 is 0 Å². The Kier molecular flexibility index (Phi) is 8.45. The van der Waals surface area contributed by atoms with Crippen molar-refractivity contribution in [3.63, 3.8) is 0 Å². The van der Waals surface area contributed by atoms with Gasteiger partial charge in [-0.3, -0.25) is 14.4 Å². The minimum Gasteiger partial charge on any atom is -0.493 e. The van der Waals surface area contributed by atoms with Gasteiger partial charge in [0.05, 0.1) is 14.2 Å². The van der Waals surface area contributed by atoms with Crippen LogP contribution in [0.3, 0.4) is 0 Å². The second-order valence-corrected chi connectivity index (χ2v) is 8.76. The molecule has 0 spiro atoms. The second-order valence-electron chi connectivity index (χ2n) is 8.76. The van der Waals surface area contributed by atoms with Gasteiger partial charge in [0.15, 0.2) is 11.5 Å². The van der Waals surface area contributed by atoms with Gasteiger partial charge in [-0.05, 0) is 48.4 Å². The van der Waals surface area contributed by atoms with Crippen LogP contribution in [0.5, 0.6) is 11.5 Å². The standard InChI is InChI=1S/C28H32N4O5/c1-36-24-11-10-21(19-25(24)37-2)12-13-29-26(33)20-32-14-6-9-23(32)28(35)31-17-15-30(16-18-31)27(34)22-7-4-3-5-8-22/h3-11,14,19H,12-13,15-18,20H2,1-2H3,(H,29,33). The Morgan fingerprint density at radius 2 is 1.49 bits per heavy atom. The molecule has 1 aromatic heterocycles. The summed E-state index contributed by atoms with van der Waals surface area (Å²) in [6.07, 6.45) is 2.37. The number of benzene rings is 2. The molecule has 9 heteroatoms. The molecule has 0 aliphatic carbocycles. The highest BCUT2D eigenvalue weighted by molar-refractivity contribution is 5.95. The molecule has 0 unspecified atom stereocenters. The summed E-state index contributed by atoms with van der Waals surface area (Å²) in [6, 6.07) is 18.3. The van der Waals surface area contributed by atoms with Gasteiger partial charge in [-0.25, -0.2) is 0 Å². The fourth-order valence-corrected chi connectivity index (χ4v) is 4.38. The normalized spacial score (nSPS) is 13.2. The highest BCUT2D eigenvalue weighted by Gasteiger charge is 2.27. The highest BCUT2D eigenvalue weighted by Crippen LogP contribution is 2.27. The zero-order valence-electron chi connectivity index (χ0n) is 21.2. The molecule has 1 aliphatic heterocycles. The Bertz CT molecular complexity index is 1230. The van der Waals surface area contributed by atoms with Crippen molar-refractivity contribution in [3.8, 4) is 11.5 Å². The molecule has 0 radical (unpaired) electrons. The van der Waals surface area contributed by atoms with E-state index in [1.165, 1.54) is 0 Å². The molecule has 3 amide bonds. The van der Waals surface area contributed by atoms with E-state index in [1.54, 1.807) is 59.0 Å². The van der Waals surface area contributed by atoms with Gasteiger partial charge in [-0.2, -0.15) is 0 Å². The van der Waals surface area contributed by atoms with Gasteiger partial charge in [0, 0.05) is 44.5 Å². The molecule has 9 nitrogen and oxygen atoms in total. The van der Waals surface area contributed by atoms with Crippen molar-refractivity contribution < 1.29 is 23.9 Å². The lowest BCUT2D eigenvalue weighted by Crippen LogP contribution is -2.51. The number of aromatic nitrogens is 1. The number of nitrogens with zero attached hydrogens (tertiary/aromatic N) is 3. The topological polar surface area (TPSA) is 93.1 Å². The van der Waals surface area contributed by atoms with Crippen molar-refractivity contribution in [2.75, 3.05) is 46.9 Å². The van der Waals surface area contributed by atoms with Crippen LogP contribution in [0.25, 0.3) is 0 Å². The molecular weight excluding hydrogens is 472 g/mol. The Balaban J connectivity index is 1.27. The maximum Gasteiger partial charge on any atom is 0.270 e. The largest absolute Gasteiger partial charge is 0.493 e. The van der Waals surface area contributed by atoms with Gasteiger partial charge in [0.2, 0.25) is 5.91 Å². The van der Waals surface area contributed by atoms with Gasteiger partial charge in [-0.15, -0.1) is 0 Å². The average molecular weight is 505 g/mol. The number of piperazine rings is 1. The van der Waals surface area contributed by atoms with Gasteiger partial charge >= 0.3 is 0 Å². The molecule has 1 aliphatic rings. The second kappa shape index (κ2) is 12.1. The van der Waals surface area contributed by atoms with E-state index in [9.17, 15) is 14.4 Å². The number of hydrogen-bond acceptors (Lipinski definition) is 5. The summed E-state index contributed by atoms with van der Waals surface area (Å²) >= 11 is 0. The fraction of sp³-hybridized carbons (Fsp3) is 0.321. The lowest BCUT2D eigenvalue weighted by Gasteiger charge is -2.35. The first kappa shape index (κ1) is 25.8. The zero-order chi connectivity index (χ0) is 26.2. The van der Waals surface area contributed by atoms with Crippen LogP contribution in [0.2, 0.25) is 0 Å². The van der Waals surface area contributed by atoms with Gasteiger partial charge in [-0.1, -0.05) is 24.3 Å². The SMILES string of the molecule is COc1ccc(CCNC(=O)Cn2cccc2C(=O)N2CCN(C(=O)c3ccccc3)CC2)cc1OC. The molecule has 1 saturated heterocycles. The Labute approximate surface area is 216 Å². The number of rotatable bonds is 9. The highest BCUT2D eigenvalue weighted by atomic mass is 16.5. The van der Waals surface area contributed by atoms with Crippen molar-refractivity contribution in [2.24, 2.45) is 0 Å². The van der Waals surface area contributed by atoms with E-state index in [0.29, 0.717) is 61.9 Å². The molecule has 2 heterocycles. The average Bonchev–Trinajstić information content (AvgIpc) is 3.40. The molecule has 0 saturated carbocycles. The molecule has 1 fully saturated rings. The summed E-state index contributed by atoms with van der Waals surface area (Å²) in [5, 5.41) is 2.91.